The predicted octanol–water partition coefficient (Wildman–Crippen LogP) is 4.49. The van der Waals surface area contributed by atoms with Gasteiger partial charge in [-0.15, -0.1) is 24.0 Å². The van der Waals surface area contributed by atoms with E-state index >= 15 is 0 Å². The predicted molar refractivity (Wildman–Crippen MR) is 127 cm³/mol. The fourth-order valence-corrected chi connectivity index (χ4v) is 5.15. The van der Waals surface area contributed by atoms with E-state index in [4.69, 9.17) is 14.5 Å². The van der Waals surface area contributed by atoms with Gasteiger partial charge in [0, 0.05) is 43.7 Å². The van der Waals surface area contributed by atoms with E-state index in [9.17, 15) is 0 Å². The van der Waals surface area contributed by atoms with Crippen LogP contribution in [0.1, 0.15) is 78.6 Å². The third kappa shape index (κ3) is 6.21. The summed E-state index contributed by atoms with van der Waals surface area (Å²) in [5, 5.41) is 7.11. The molecule has 1 saturated heterocycles. The van der Waals surface area contributed by atoms with Crippen LogP contribution in [0.25, 0.3) is 0 Å². The van der Waals surface area contributed by atoms with Gasteiger partial charge in [-0.1, -0.05) is 39.5 Å². The summed E-state index contributed by atoms with van der Waals surface area (Å²) in [5.41, 5.74) is 0.184. The van der Waals surface area contributed by atoms with Crippen molar-refractivity contribution >= 4 is 29.9 Å². The Hall–Kier alpha value is -0.0800. The zero-order valence-corrected chi connectivity index (χ0v) is 20.5. The second-order valence-corrected chi connectivity index (χ2v) is 9.14. The van der Waals surface area contributed by atoms with Crippen molar-refractivity contribution in [2.45, 2.75) is 96.8 Å². The van der Waals surface area contributed by atoms with Crippen molar-refractivity contribution in [2.75, 3.05) is 26.3 Å². The van der Waals surface area contributed by atoms with Crippen molar-refractivity contribution in [3.8, 4) is 0 Å². The minimum Gasteiger partial charge on any atom is -0.378 e. The summed E-state index contributed by atoms with van der Waals surface area (Å²) in [4.78, 5) is 4.81. The fourth-order valence-electron chi connectivity index (χ4n) is 5.15. The van der Waals surface area contributed by atoms with Crippen LogP contribution in [-0.4, -0.2) is 50.5 Å². The van der Waals surface area contributed by atoms with Crippen molar-refractivity contribution in [2.24, 2.45) is 16.3 Å². The van der Waals surface area contributed by atoms with Gasteiger partial charge in [0.2, 0.25) is 0 Å². The maximum Gasteiger partial charge on any atom is 0.191 e. The van der Waals surface area contributed by atoms with Crippen molar-refractivity contribution in [1.29, 1.82) is 0 Å². The summed E-state index contributed by atoms with van der Waals surface area (Å²) in [7, 11) is 0. The second kappa shape index (κ2) is 11.9. The van der Waals surface area contributed by atoms with E-state index in [2.05, 4.69) is 31.4 Å². The average Bonchev–Trinajstić information content (AvgIpc) is 2.96. The van der Waals surface area contributed by atoms with E-state index in [0.29, 0.717) is 24.2 Å². The number of ether oxygens (including phenoxy) is 2. The molecule has 3 rings (SSSR count). The van der Waals surface area contributed by atoms with Crippen LogP contribution in [0.2, 0.25) is 0 Å². The van der Waals surface area contributed by atoms with Gasteiger partial charge in [0.15, 0.2) is 5.96 Å². The van der Waals surface area contributed by atoms with E-state index in [1.165, 1.54) is 44.9 Å². The molecule has 3 unspecified atom stereocenters. The topological polar surface area (TPSA) is 54.9 Å². The Labute approximate surface area is 189 Å². The highest BCUT2D eigenvalue weighted by atomic mass is 127. The summed E-state index contributed by atoms with van der Waals surface area (Å²) < 4.78 is 12.0. The summed E-state index contributed by atoms with van der Waals surface area (Å²) in [6, 6.07) is 0.460. The number of halogens is 1. The Morgan fingerprint density at radius 3 is 2.57 bits per heavy atom. The zero-order chi connectivity index (χ0) is 19.1. The highest BCUT2D eigenvalue weighted by Gasteiger charge is 2.59. The summed E-state index contributed by atoms with van der Waals surface area (Å²) >= 11 is 0. The first-order valence-corrected chi connectivity index (χ1v) is 11.4. The van der Waals surface area contributed by atoms with Gasteiger partial charge in [0.05, 0.1) is 12.2 Å². The smallest absolute Gasteiger partial charge is 0.191 e. The number of hydrogen-bond acceptors (Lipinski definition) is 3. The SMILES string of the molecule is CCNC(=NCCCCOC1CCCCCC1)NC1C2CCOC2C1(C)C.I. The van der Waals surface area contributed by atoms with Gasteiger partial charge in [0.25, 0.3) is 0 Å². The average molecular weight is 508 g/mol. The minimum atomic E-state index is 0. The molecule has 0 amide bonds. The van der Waals surface area contributed by atoms with Gasteiger partial charge in [-0.25, -0.2) is 0 Å². The first kappa shape index (κ1) is 24.2. The molecule has 3 aliphatic rings. The molecule has 3 fully saturated rings. The third-order valence-corrected chi connectivity index (χ3v) is 6.72. The number of guanidine groups is 1. The van der Waals surface area contributed by atoms with Gasteiger partial charge < -0.3 is 20.1 Å². The van der Waals surface area contributed by atoms with Crippen LogP contribution in [-0.2, 0) is 9.47 Å². The molecular weight excluding hydrogens is 465 g/mol. The molecule has 1 aliphatic heterocycles. The number of hydrogen-bond donors (Lipinski definition) is 2. The van der Waals surface area contributed by atoms with Gasteiger partial charge in [-0.05, 0) is 39.0 Å². The quantitative estimate of drug-likeness (QED) is 0.167. The van der Waals surface area contributed by atoms with Gasteiger partial charge in [-0.2, -0.15) is 0 Å². The summed E-state index contributed by atoms with van der Waals surface area (Å²) in [6.45, 7) is 10.3. The van der Waals surface area contributed by atoms with E-state index in [0.717, 1.165) is 45.1 Å². The highest BCUT2D eigenvalue weighted by Crippen LogP contribution is 2.52. The maximum absolute atomic E-state index is 6.09. The molecule has 0 aromatic heterocycles. The molecular formula is C22H42IN3O2. The van der Waals surface area contributed by atoms with Gasteiger partial charge in [0.1, 0.15) is 0 Å². The molecule has 3 atom stereocenters. The third-order valence-electron chi connectivity index (χ3n) is 6.72. The number of aliphatic imine (C=N–C) groups is 1. The molecule has 0 aromatic carbocycles. The summed E-state index contributed by atoms with van der Waals surface area (Å²) in [5.74, 6) is 1.60. The van der Waals surface area contributed by atoms with Gasteiger partial charge >= 0.3 is 0 Å². The number of nitrogens with zero attached hydrogens (tertiary/aromatic N) is 1. The Balaban J connectivity index is 0.00000280. The summed E-state index contributed by atoms with van der Waals surface area (Å²) in [6.07, 6.45) is 12.3. The number of fused-ring (bicyclic) bond motifs is 1. The Morgan fingerprint density at radius 2 is 1.86 bits per heavy atom. The van der Waals surface area contributed by atoms with Crippen LogP contribution < -0.4 is 10.6 Å². The minimum absolute atomic E-state index is 0. The van der Waals surface area contributed by atoms with Crippen molar-refractivity contribution in [1.82, 2.24) is 10.6 Å². The van der Waals surface area contributed by atoms with Crippen LogP contribution in [0, 0.1) is 11.3 Å². The molecule has 2 aliphatic carbocycles. The van der Waals surface area contributed by atoms with Crippen LogP contribution in [0.3, 0.4) is 0 Å². The molecule has 164 valence electrons. The Morgan fingerprint density at radius 1 is 1.11 bits per heavy atom. The van der Waals surface area contributed by atoms with Crippen molar-refractivity contribution in [3.05, 3.63) is 0 Å². The van der Waals surface area contributed by atoms with E-state index < -0.39 is 0 Å². The van der Waals surface area contributed by atoms with Crippen LogP contribution in [0.5, 0.6) is 0 Å². The Kier molecular flexibility index (Phi) is 10.3. The highest BCUT2D eigenvalue weighted by molar-refractivity contribution is 14.0. The van der Waals surface area contributed by atoms with E-state index in [1.807, 2.05) is 0 Å². The first-order chi connectivity index (χ1) is 13.1. The molecule has 2 N–H and O–H groups in total. The lowest BCUT2D eigenvalue weighted by Gasteiger charge is -2.54. The number of rotatable bonds is 8. The Bertz CT molecular complexity index is 478. The molecule has 0 bridgehead atoms. The maximum atomic E-state index is 6.09. The molecule has 0 spiro atoms. The van der Waals surface area contributed by atoms with Crippen LogP contribution in [0.15, 0.2) is 4.99 Å². The lowest BCUT2D eigenvalue weighted by molar-refractivity contribution is -0.106. The zero-order valence-electron chi connectivity index (χ0n) is 18.2. The monoisotopic (exact) mass is 507 g/mol. The van der Waals surface area contributed by atoms with E-state index in [1.54, 1.807) is 0 Å². The molecule has 6 heteroatoms. The van der Waals surface area contributed by atoms with Crippen LogP contribution >= 0.6 is 24.0 Å². The fraction of sp³-hybridized carbons (Fsp3) is 0.955. The molecule has 1 heterocycles. The normalized spacial score (nSPS) is 30.0. The number of unbranched alkanes of at least 4 members (excludes halogenated alkanes) is 1. The van der Waals surface area contributed by atoms with E-state index in [-0.39, 0.29) is 29.4 Å². The first-order valence-electron chi connectivity index (χ1n) is 11.4. The van der Waals surface area contributed by atoms with Crippen LogP contribution in [0.4, 0.5) is 0 Å². The number of nitrogens with one attached hydrogen (secondary N) is 2. The lowest BCUT2D eigenvalue weighted by atomic mass is 9.57. The van der Waals surface area contributed by atoms with Crippen molar-refractivity contribution in [3.63, 3.8) is 0 Å². The van der Waals surface area contributed by atoms with Crippen molar-refractivity contribution < 1.29 is 9.47 Å². The molecule has 0 radical (unpaired) electrons. The molecule has 0 aromatic rings. The lowest BCUT2D eigenvalue weighted by Crippen LogP contribution is -2.67. The van der Waals surface area contributed by atoms with Gasteiger partial charge in [-0.3, -0.25) is 4.99 Å². The largest absolute Gasteiger partial charge is 0.378 e. The molecule has 28 heavy (non-hydrogen) atoms. The standard InChI is InChI=1S/C22H41N3O2.HI/c1-4-23-21(25-19-18-13-16-27-20(18)22(19,2)3)24-14-9-10-15-26-17-11-7-5-6-8-12-17;/h17-20H,4-16H2,1-3H3,(H2,23,24,25);1H. The molecule has 2 saturated carbocycles. The second-order valence-electron chi connectivity index (χ2n) is 9.14. The molecule has 5 nitrogen and oxygen atoms in total.